The molecule has 26 heavy (non-hydrogen) atoms. The molecule has 2 aromatic rings. The second-order valence-electron chi connectivity index (χ2n) is 5.73. The third-order valence-corrected chi connectivity index (χ3v) is 4.55. The molecule has 0 aliphatic carbocycles. The van der Waals surface area contributed by atoms with Crippen molar-refractivity contribution < 1.29 is 18.4 Å². The van der Waals surface area contributed by atoms with Crippen LogP contribution < -0.4 is 5.32 Å². The smallest absolute Gasteiger partial charge is 0.254 e. The maximum atomic E-state index is 13.5. The molecule has 0 aliphatic heterocycles. The van der Waals surface area contributed by atoms with Crippen molar-refractivity contribution in [1.82, 2.24) is 10.2 Å². The van der Waals surface area contributed by atoms with Crippen molar-refractivity contribution in [3.8, 4) is 0 Å². The van der Waals surface area contributed by atoms with E-state index in [1.807, 2.05) is 30.5 Å². The van der Waals surface area contributed by atoms with Gasteiger partial charge in [0.15, 0.2) is 0 Å². The van der Waals surface area contributed by atoms with Crippen LogP contribution in [0.15, 0.2) is 47.4 Å². The van der Waals surface area contributed by atoms with Crippen LogP contribution in [0.3, 0.4) is 0 Å². The van der Waals surface area contributed by atoms with Gasteiger partial charge in [0.25, 0.3) is 5.91 Å². The maximum absolute atomic E-state index is 13.5. The molecule has 0 aromatic heterocycles. The Labute approximate surface area is 155 Å². The lowest BCUT2D eigenvalue weighted by Crippen LogP contribution is -2.32. The van der Waals surface area contributed by atoms with Crippen molar-refractivity contribution in [3.05, 3.63) is 65.2 Å². The van der Waals surface area contributed by atoms with Gasteiger partial charge in [0.05, 0.1) is 5.56 Å². The highest BCUT2D eigenvalue weighted by molar-refractivity contribution is 7.98. The van der Waals surface area contributed by atoms with Gasteiger partial charge in [-0.1, -0.05) is 12.1 Å². The summed E-state index contributed by atoms with van der Waals surface area (Å²) in [6, 6.07) is 10.7. The number of hydrogen-bond donors (Lipinski definition) is 1. The van der Waals surface area contributed by atoms with Crippen LogP contribution in [0.1, 0.15) is 22.3 Å². The highest BCUT2D eigenvalue weighted by Crippen LogP contribution is 2.15. The van der Waals surface area contributed by atoms with Crippen molar-refractivity contribution in [1.29, 1.82) is 0 Å². The summed E-state index contributed by atoms with van der Waals surface area (Å²) in [5.74, 6) is -2.49. The summed E-state index contributed by atoms with van der Waals surface area (Å²) < 4.78 is 26.4. The van der Waals surface area contributed by atoms with E-state index < -0.39 is 17.5 Å². The van der Waals surface area contributed by atoms with Gasteiger partial charge in [-0.05, 0) is 36.1 Å². The number of halogens is 2. The lowest BCUT2D eigenvalue weighted by molar-refractivity contribution is -0.130. The molecular formula is C19H20F2N2O2S. The van der Waals surface area contributed by atoms with E-state index >= 15 is 0 Å². The van der Waals surface area contributed by atoms with Gasteiger partial charge in [-0.15, -0.1) is 11.8 Å². The fraction of sp³-hybridized carbons (Fsp3) is 0.263. The topological polar surface area (TPSA) is 49.4 Å². The van der Waals surface area contributed by atoms with E-state index in [2.05, 4.69) is 5.32 Å². The summed E-state index contributed by atoms with van der Waals surface area (Å²) >= 11 is 1.65. The number of amides is 2. The second-order valence-corrected chi connectivity index (χ2v) is 6.61. The largest absolute Gasteiger partial charge is 0.351 e. The van der Waals surface area contributed by atoms with Crippen molar-refractivity contribution >= 4 is 23.6 Å². The number of carbonyl (C=O) groups excluding carboxylic acids is 2. The van der Waals surface area contributed by atoms with E-state index in [4.69, 9.17) is 0 Å². The maximum Gasteiger partial charge on any atom is 0.254 e. The molecule has 1 N–H and O–H groups in total. The third-order valence-electron chi connectivity index (χ3n) is 3.80. The van der Waals surface area contributed by atoms with Crippen LogP contribution in [-0.2, 0) is 11.3 Å². The van der Waals surface area contributed by atoms with Crippen molar-refractivity contribution in [3.63, 3.8) is 0 Å². The SMILES string of the molecule is CSc1ccc(CN(C)C(=O)CCNC(=O)c2ccc(F)cc2F)cc1. The highest BCUT2D eigenvalue weighted by atomic mass is 32.2. The van der Waals surface area contributed by atoms with Gasteiger partial charge in [-0.25, -0.2) is 8.78 Å². The molecule has 0 atom stereocenters. The van der Waals surface area contributed by atoms with Gasteiger partial charge in [-0.2, -0.15) is 0 Å². The average Bonchev–Trinajstić information content (AvgIpc) is 2.62. The first-order valence-corrected chi connectivity index (χ1v) is 9.23. The molecule has 0 saturated heterocycles. The molecule has 0 aliphatic rings. The zero-order valence-electron chi connectivity index (χ0n) is 14.6. The molecule has 138 valence electrons. The quantitative estimate of drug-likeness (QED) is 0.751. The van der Waals surface area contributed by atoms with Crippen LogP contribution >= 0.6 is 11.8 Å². The van der Waals surface area contributed by atoms with Gasteiger partial charge in [0.1, 0.15) is 11.6 Å². The van der Waals surface area contributed by atoms with Crippen molar-refractivity contribution in [2.24, 2.45) is 0 Å². The first-order chi connectivity index (χ1) is 12.4. The van der Waals surface area contributed by atoms with Crippen LogP contribution in [0.4, 0.5) is 8.78 Å². The molecule has 4 nitrogen and oxygen atoms in total. The molecule has 0 heterocycles. The van der Waals surface area contributed by atoms with E-state index in [0.717, 1.165) is 22.6 Å². The van der Waals surface area contributed by atoms with Crippen LogP contribution in [0.5, 0.6) is 0 Å². The molecule has 2 rings (SSSR count). The Morgan fingerprint density at radius 3 is 2.42 bits per heavy atom. The third kappa shape index (κ3) is 5.56. The Morgan fingerprint density at radius 2 is 1.81 bits per heavy atom. The number of rotatable bonds is 7. The number of nitrogens with one attached hydrogen (secondary N) is 1. The molecular weight excluding hydrogens is 358 g/mol. The van der Waals surface area contributed by atoms with E-state index in [0.29, 0.717) is 12.6 Å². The number of carbonyl (C=O) groups is 2. The zero-order chi connectivity index (χ0) is 19.1. The summed E-state index contributed by atoms with van der Waals surface area (Å²) in [6.07, 6.45) is 2.09. The zero-order valence-corrected chi connectivity index (χ0v) is 15.4. The van der Waals surface area contributed by atoms with E-state index in [-0.39, 0.29) is 24.4 Å². The van der Waals surface area contributed by atoms with Crippen molar-refractivity contribution in [2.75, 3.05) is 19.8 Å². The summed E-state index contributed by atoms with van der Waals surface area (Å²) in [4.78, 5) is 26.7. The predicted octanol–water partition coefficient (Wildman–Crippen LogP) is 3.47. The van der Waals surface area contributed by atoms with Gasteiger partial charge >= 0.3 is 0 Å². The first kappa shape index (κ1) is 19.9. The van der Waals surface area contributed by atoms with Crippen LogP contribution in [0.2, 0.25) is 0 Å². The first-order valence-electron chi connectivity index (χ1n) is 8.01. The summed E-state index contributed by atoms with van der Waals surface area (Å²) in [5, 5.41) is 2.47. The number of benzene rings is 2. The minimum absolute atomic E-state index is 0.0736. The lowest BCUT2D eigenvalue weighted by Gasteiger charge is -2.17. The van der Waals surface area contributed by atoms with Crippen LogP contribution in [0.25, 0.3) is 0 Å². The van der Waals surface area contributed by atoms with Gasteiger partial charge in [0, 0.05) is 37.5 Å². The average molecular weight is 378 g/mol. The minimum Gasteiger partial charge on any atom is -0.351 e. The number of thioether (sulfide) groups is 1. The Kier molecular flexibility index (Phi) is 7.15. The second kappa shape index (κ2) is 9.33. The number of hydrogen-bond acceptors (Lipinski definition) is 3. The van der Waals surface area contributed by atoms with Gasteiger partial charge < -0.3 is 10.2 Å². The number of nitrogens with zero attached hydrogens (tertiary/aromatic N) is 1. The molecule has 2 amide bonds. The molecule has 0 unspecified atom stereocenters. The van der Waals surface area contributed by atoms with Crippen LogP contribution in [-0.4, -0.2) is 36.6 Å². The highest BCUT2D eigenvalue weighted by Gasteiger charge is 2.14. The van der Waals surface area contributed by atoms with Gasteiger partial charge in [0.2, 0.25) is 5.91 Å². The van der Waals surface area contributed by atoms with E-state index in [1.165, 1.54) is 0 Å². The monoisotopic (exact) mass is 378 g/mol. The Hall–Kier alpha value is -2.41. The fourth-order valence-electron chi connectivity index (χ4n) is 2.34. The van der Waals surface area contributed by atoms with Crippen LogP contribution in [0, 0.1) is 11.6 Å². The summed E-state index contributed by atoms with van der Waals surface area (Å²) in [6.45, 7) is 0.540. The normalized spacial score (nSPS) is 10.5. The molecule has 2 aromatic carbocycles. The summed E-state index contributed by atoms with van der Waals surface area (Å²) in [7, 11) is 1.69. The molecule has 0 spiro atoms. The Bertz CT molecular complexity index is 782. The standard InChI is InChI=1S/C19H20F2N2O2S/c1-23(12-13-3-6-15(26-2)7-4-13)18(24)9-10-22-19(25)16-8-5-14(20)11-17(16)21/h3-8,11H,9-10,12H2,1-2H3,(H,22,25). The fourth-order valence-corrected chi connectivity index (χ4v) is 2.74. The molecule has 0 radical (unpaired) electrons. The lowest BCUT2D eigenvalue weighted by atomic mass is 10.2. The van der Waals surface area contributed by atoms with E-state index in [9.17, 15) is 18.4 Å². The molecule has 0 bridgehead atoms. The Balaban J connectivity index is 1.80. The van der Waals surface area contributed by atoms with E-state index in [1.54, 1.807) is 23.7 Å². The Morgan fingerprint density at radius 1 is 1.12 bits per heavy atom. The molecule has 7 heteroatoms. The van der Waals surface area contributed by atoms with Gasteiger partial charge in [-0.3, -0.25) is 9.59 Å². The molecule has 0 fully saturated rings. The molecule has 0 saturated carbocycles. The van der Waals surface area contributed by atoms with Crippen molar-refractivity contribution in [2.45, 2.75) is 17.9 Å². The predicted molar refractivity (Wildman–Crippen MR) is 98.0 cm³/mol. The minimum atomic E-state index is -0.931. The summed E-state index contributed by atoms with van der Waals surface area (Å²) in [5.41, 5.74) is 0.761.